The molecule has 0 radical (unpaired) electrons. The number of rotatable bonds is 7. The summed E-state index contributed by atoms with van der Waals surface area (Å²) in [6.07, 6.45) is 8.05. The monoisotopic (exact) mass is 409 g/mol. The Labute approximate surface area is 178 Å². The molecule has 0 spiro atoms. The lowest BCUT2D eigenvalue weighted by Crippen LogP contribution is -2.25. The van der Waals surface area contributed by atoms with E-state index in [-0.39, 0.29) is 18.1 Å². The summed E-state index contributed by atoms with van der Waals surface area (Å²) < 4.78 is 12.3. The Morgan fingerprint density at radius 3 is 2.60 bits per heavy atom. The number of aromatic nitrogens is 1. The fourth-order valence-corrected chi connectivity index (χ4v) is 4.31. The SMILES string of the molecule is CC(=O)N[C@@H](C)c1ccc(O[C@@H]2CCN(c3ccnc(OC4CCCC4)c3)C2)cc1. The third kappa shape index (κ3) is 5.23. The minimum absolute atomic E-state index is 0.00846. The van der Waals surface area contributed by atoms with Gasteiger partial charge in [0.15, 0.2) is 0 Å². The molecule has 4 rings (SSSR count). The van der Waals surface area contributed by atoms with E-state index in [1.54, 1.807) is 0 Å². The Morgan fingerprint density at radius 2 is 1.87 bits per heavy atom. The van der Waals surface area contributed by atoms with E-state index in [9.17, 15) is 4.79 Å². The van der Waals surface area contributed by atoms with Crippen molar-refractivity contribution >= 4 is 11.6 Å². The second kappa shape index (κ2) is 9.37. The smallest absolute Gasteiger partial charge is 0.217 e. The van der Waals surface area contributed by atoms with Crippen LogP contribution >= 0.6 is 0 Å². The summed E-state index contributed by atoms with van der Waals surface area (Å²) in [5, 5.41) is 2.90. The number of carbonyl (C=O) groups excluding carboxylic acids is 1. The number of anilines is 1. The molecule has 2 fully saturated rings. The number of hydrogen-bond donors (Lipinski definition) is 1. The summed E-state index contributed by atoms with van der Waals surface area (Å²) in [5.74, 6) is 1.56. The Balaban J connectivity index is 1.32. The minimum Gasteiger partial charge on any atom is -0.489 e. The van der Waals surface area contributed by atoms with Gasteiger partial charge >= 0.3 is 0 Å². The normalized spacial score (nSPS) is 20.2. The van der Waals surface area contributed by atoms with Gasteiger partial charge in [0.1, 0.15) is 18.0 Å². The van der Waals surface area contributed by atoms with Gasteiger partial charge in [-0.3, -0.25) is 4.79 Å². The van der Waals surface area contributed by atoms with Gasteiger partial charge in [-0.2, -0.15) is 0 Å². The van der Waals surface area contributed by atoms with Crippen molar-refractivity contribution in [3.63, 3.8) is 0 Å². The molecule has 1 aromatic heterocycles. The Bertz CT molecular complexity index is 849. The highest BCUT2D eigenvalue weighted by Gasteiger charge is 2.25. The van der Waals surface area contributed by atoms with E-state index in [0.29, 0.717) is 6.10 Å². The molecule has 1 amide bonds. The maximum absolute atomic E-state index is 11.2. The number of nitrogens with one attached hydrogen (secondary N) is 1. The minimum atomic E-state index is -0.0261. The summed E-state index contributed by atoms with van der Waals surface area (Å²) in [6.45, 7) is 5.31. The average Bonchev–Trinajstić information content (AvgIpc) is 3.40. The van der Waals surface area contributed by atoms with Crippen molar-refractivity contribution in [3.05, 3.63) is 48.2 Å². The molecule has 1 saturated carbocycles. The van der Waals surface area contributed by atoms with Crippen LogP contribution in [0.4, 0.5) is 5.69 Å². The van der Waals surface area contributed by atoms with Crippen LogP contribution in [0.25, 0.3) is 0 Å². The van der Waals surface area contributed by atoms with Gasteiger partial charge in [-0.15, -0.1) is 0 Å². The first-order valence-corrected chi connectivity index (χ1v) is 11.0. The van der Waals surface area contributed by atoms with E-state index >= 15 is 0 Å². The molecule has 6 nitrogen and oxygen atoms in total. The molecular formula is C24H31N3O3. The molecule has 0 bridgehead atoms. The van der Waals surface area contributed by atoms with E-state index in [2.05, 4.69) is 21.3 Å². The first-order valence-electron chi connectivity index (χ1n) is 11.0. The largest absolute Gasteiger partial charge is 0.489 e. The number of benzene rings is 1. The second-order valence-electron chi connectivity index (χ2n) is 8.34. The summed E-state index contributed by atoms with van der Waals surface area (Å²) >= 11 is 0. The number of amides is 1. The zero-order valence-electron chi connectivity index (χ0n) is 17.8. The molecule has 1 N–H and O–H groups in total. The zero-order valence-corrected chi connectivity index (χ0v) is 17.8. The van der Waals surface area contributed by atoms with E-state index in [1.807, 2.05) is 43.5 Å². The van der Waals surface area contributed by atoms with Crippen LogP contribution in [0.3, 0.4) is 0 Å². The Hall–Kier alpha value is -2.76. The number of hydrogen-bond acceptors (Lipinski definition) is 5. The van der Waals surface area contributed by atoms with Gasteiger partial charge in [-0.1, -0.05) is 12.1 Å². The van der Waals surface area contributed by atoms with Gasteiger partial charge < -0.3 is 19.7 Å². The van der Waals surface area contributed by atoms with Gasteiger partial charge in [-0.25, -0.2) is 4.98 Å². The van der Waals surface area contributed by atoms with Crippen LogP contribution in [-0.2, 0) is 4.79 Å². The van der Waals surface area contributed by atoms with Gasteiger partial charge in [0.05, 0.1) is 12.6 Å². The van der Waals surface area contributed by atoms with Gasteiger partial charge in [0.25, 0.3) is 0 Å². The highest BCUT2D eigenvalue weighted by molar-refractivity contribution is 5.73. The number of carbonyl (C=O) groups is 1. The molecule has 1 saturated heterocycles. The summed E-state index contributed by atoms with van der Waals surface area (Å²) in [4.78, 5) is 18.0. The summed E-state index contributed by atoms with van der Waals surface area (Å²) in [5.41, 5.74) is 2.21. The van der Waals surface area contributed by atoms with E-state index in [0.717, 1.165) is 55.2 Å². The molecule has 1 aromatic carbocycles. The molecule has 2 atom stereocenters. The molecule has 2 heterocycles. The third-order valence-electron chi connectivity index (χ3n) is 5.92. The fraction of sp³-hybridized carbons (Fsp3) is 0.500. The predicted octanol–water partition coefficient (Wildman–Crippen LogP) is 4.26. The topological polar surface area (TPSA) is 63.7 Å². The first-order chi connectivity index (χ1) is 14.6. The maximum Gasteiger partial charge on any atom is 0.217 e. The molecule has 30 heavy (non-hydrogen) atoms. The second-order valence-corrected chi connectivity index (χ2v) is 8.34. The molecule has 1 aliphatic carbocycles. The average molecular weight is 410 g/mol. The first kappa shape index (κ1) is 20.5. The van der Waals surface area contributed by atoms with Crippen LogP contribution in [0.15, 0.2) is 42.6 Å². The quantitative estimate of drug-likeness (QED) is 0.740. The summed E-state index contributed by atoms with van der Waals surface area (Å²) in [6, 6.07) is 12.1. The predicted molar refractivity (Wildman–Crippen MR) is 117 cm³/mol. The number of ether oxygens (including phenoxy) is 2. The number of pyridine rings is 1. The highest BCUT2D eigenvalue weighted by atomic mass is 16.5. The molecule has 6 heteroatoms. The fourth-order valence-electron chi connectivity index (χ4n) is 4.31. The van der Waals surface area contributed by atoms with Crippen LogP contribution < -0.4 is 19.7 Å². The van der Waals surface area contributed by atoms with Crippen LogP contribution in [0, 0.1) is 0 Å². The lowest BCUT2D eigenvalue weighted by atomic mass is 10.1. The van der Waals surface area contributed by atoms with Crippen molar-refractivity contribution in [2.45, 2.75) is 64.2 Å². The van der Waals surface area contributed by atoms with Crippen LogP contribution in [0.1, 0.15) is 57.6 Å². The van der Waals surface area contributed by atoms with Gasteiger partial charge in [-0.05, 0) is 56.4 Å². The lowest BCUT2D eigenvalue weighted by Gasteiger charge is -2.20. The molecular weight excluding hydrogens is 378 g/mol. The van der Waals surface area contributed by atoms with Crippen LogP contribution in [0.2, 0.25) is 0 Å². The zero-order chi connectivity index (χ0) is 20.9. The standard InChI is InChI=1S/C24H31N3O3/c1-17(26-18(2)28)19-7-9-22(10-8-19)29-23-12-14-27(16-23)20-11-13-25-24(15-20)30-21-5-3-4-6-21/h7-11,13,15,17,21,23H,3-6,12,14,16H2,1-2H3,(H,26,28)/t17-,23+/m0/s1. The van der Waals surface area contributed by atoms with Crippen LogP contribution in [0.5, 0.6) is 11.6 Å². The maximum atomic E-state index is 11.2. The third-order valence-corrected chi connectivity index (χ3v) is 5.92. The van der Waals surface area contributed by atoms with Crippen molar-refractivity contribution in [2.24, 2.45) is 0 Å². The lowest BCUT2D eigenvalue weighted by molar-refractivity contribution is -0.119. The Morgan fingerprint density at radius 1 is 1.10 bits per heavy atom. The van der Waals surface area contributed by atoms with E-state index in [4.69, 9.17) is 9.47 Å². The molecule has 2 aliphatic rings. The van der Waals surface area contributed by atoms with Crippen molar-refractivity contribution in [1.82, 2.24) is 10.3 Å². The molecule has 0 unspecified atom stereocenters. The van der Waals surface area contributed by atoms with Crippen molar-refractivity contribution in [3.8, 4) is 11.6 Å². The van der Waals surface area contributed by atoms with Crippen molar-refractivity contribution < 1.29 is 14.3 Å². The summed E-state index contributed by atoms with van der Waals surface area (Å²) in [7, 11) is 0. The molecule has 1 aliphatic heterocycles. The van der Waals surface area contributed by atoms with Crippen LogP contribution in [-0.4, -0.2) is 36.2 Å². The number of nitrogens with zero attached hydrogens (tertiary/aromatic N) is 2. The van der Waals surface area contributed by atoms with E-state index < -0.39 is 0 Å². The molecule has 160 valence electrons. The molecule has 2 aromatic rings. The van der Waals surface area contributed by atoms with E-state index in [1.165, 1.54) is 19.8 Å². The van der Waals surface area contributed by atoms with Crippen molar-refractivity contribution in [1.29, 1.82) is 0 Å². The van der Waals surface area contributed by atoms with Crippen molar-refractivity contribution in [2.75, 3.05) is 18.0 Å². The van der Waals surface area contributed by atoms with Gasteiger partial charge in [0, 0.05) is 37.8 Å². The van der Waals surface area contributed by atoms with Gasteiger partial charge in [0.2, 0.25) is 11.8 Å². The Kier molecular flexibility index (Phi) is 6.41. The highest BCUT2D eigenvalue weighted by Crippen LogP contribution is 2.28.